The van der Waals surface area contributed by atoms with Crippen molar-refractivity contribution in [2.24, 2.45) is 5.92 Å². The van der Waals surface area contributed by atoms with Crippen LogP contribution in [-0.4, -0.2) is 43.2 Å². The van der Waals surface area contributed by atoms with Crippen LogP contribution in [0.3, 0.4) is 0 Å². The molecule has 2 aromatic rings. The number of hydrogen-bond acceptors (Lipinski definition) is 5. The number of hydrogen-bond donors (Lipinski definition) is 0. The summed E-state index contributed by atoms with van der Waals surface area (Å²) in [7, 11) is 0. The highest BCUT2D eigenvalue weighted by molar-refractivity contribution is 5.09. The highest BCUT2D eigenvalue weighted by atomic mass is 15.6. The Bertz CT molecular complexity index is 628. The average molecular weight is 312 g/mol. The van der Waals surface area contributed by atoms with Gasteiger partial charge in [0, 0.05) is 12.4 Å². The Hall–Kier alpha value is -1.82. The van der Waals surface area contributed by atoms with Gasteiger partial charge in [-0.3, -0.25) is 9.88 Å². The van der Waals surface area contributed by atoms with Gasteiger partial charge in [-0.1, -0.05) is 6.07 Å². The van der Waals surface area contributed by atoms with Gasteiger partial charge in [0.05, 0.1) is 12.1 Å². The lowest BCUT2D eigenvalue weighted by Gasteiger charge is -2.35. The fraction of sp³-hybridized carbons (Fsp3) is 0.647. The highest BCUT2D eigenvalue weighted by Gasteiger charge is 2.32. The summed E-state index contributed by atoms with van der Waals surface area (Å²) in [6, 6.07) is 5.08. The van der Waals surface area contributed by atoms with E-state index in [1.807, 2.05) is 23.1 Å². The molecule has 2 aromatic heterocycles. The molecule has 1 aliphatic carbocycles. The maximum absolute atomic E-state index is 4.29. The molecular formula is C17H24N6. The Morgan fingerprint density at radius 1 is 1.22 bits per heavy atom. The molecule has 1 aliphatic heterocycles. The molecule has 1 saturated heterocycles. The fourth-order valence-corrected chi connectivity index (χ4v) is 3.61. The molecule has 0 spiro atoms. The minimum atomic E-state index is 0.310. The van der Waals surface area contributed by atoms with Crippen molar-refractivity contribution in [2.75, 3.05) is 13.1 Å². The lowest BCUT2D eigenvalue weighted by atomic mass is 9.90. The lowest BCUT2D eigenvalue weighted by Crippen LogP contribution is -2.37. The number of pyridine rings is 1. The summed E-state index contributed by atoms with van der Waals surface area (Å²) in [6.45, 7) is 4.50. The summed E-state index contributed by atoms with van der Waals surface area (Å²) in [6.07, 6.45) is 9.91. The van der Waals surface area contributed by atoms with Gasteiger partial charge in [-0.15, -0.1) is 5.10 Å². The first-order valence-corrected chi connectivity index (χ1v) is 8.72. The van der Waals surface area contributed by atoms with Crippen molar-refractivity contribution in [3.05, 3.63) is 35.9 Å². The van der Waals surface area contributed by atoms with Crippen molar-refractivity contribution in [1.82, 2.24) is 30.1 Å². The highest BCUT2D eigenvalue weighted by Crippen LogP contribution is 2.36. The molecule has 0 radical (unpaired) electrons. The molecular weight excluding hydrogens is 288 g/mol. The van der Waals surface area contributed by atoms with Gasteiger partial charge in [-0.05, 0) is 80.1 Å². The van der Waals surface area contributed by atoms with Gasteiger partial charge < -0.3 is 0 Å². The number of nitrogens with zero attached hydrogens (tertiary/aromatic N) is 6. The van der Waals surface area contributed by atoms with E-state index in [9.17, 15) is 0 Å². The van der Waals surface area contributed by atoms with Crippen LogP contribution in [0.15, 0.2) is 24.5 Å². The molecule has 0 amide bonds. The summed E-state index contributed by atoms with van der Waals surface area (Å²) in [5.74, 6) is 1.81. The molecule has 0 unspecified atom stereocenters. The Morgan fingerprint density at radius 2 is 2.04 bits per heavy atom. The monoisotopic (exact) mass is 312 g/mol. The lowest BCUT2D eigenvalue weighted by molar-refractivity contribution is 0.133. The van der Waals surface area contributed by atoms with E-state index in [0.717, 1.165) is 31.3 Å². The van der Waals surface area contributed by atoms with Crippen LogP contribution in [-0.2, 0) is 6.42 Å². The molecule has 3 heterocycles. The van der Waals surface area contributed by atoms with Gasteiger partial charge in [0.15, 0.2) is 5.82 Å². The average Bonchev–Trinajstić information content (AvgIpc) is 3.33. The maximum atomic E-state index is 4.29. The zero-order chi connectivity index (χ0) is 15.6. The Labute approximate surface area is 136 Å². The number of aromatic nitrogens is 5. The molecule has 2 aliphatic rings. The summed E-state index contributed by atoms with van der Waals surface area (Å²) >= 11 is 0. The van der Waals surface area contributed by atoms with E-state index in [1.165, 1.54) is 31.2 Å². The third kappa shape index (κ3) is 3.27. The summed E-state index contributed by atoms with van der Waals surface area (Å²) < 4.78 is 2.05. The van der Waals surface area contributed by atoms with E-state index < -0.39 is 0 Å². The first-order chi connectivity index (χ1) is 11.3. The summed E-state index contributed by atoms with van der Waals surface area (Å²) in [4.78, 5) is 6.76. The molecule has 6 nitrogen and oxygen atoms in total. The van der Waals surface area contributed by atoms with Crippen LogP contribution < -0.4 is 0 Å². The van der Waals surface area contributed by atoms with Gasteiger partial charge >= 0.3 is 0 Å². The van der Waals surface area contributed by atoms with Crippen molar-refractivity contribution in [3.8, 4) is 0 Å². The van der Waals surface area contributed by atoms with Crippen molar-refractivity contribution in [2.45, 2.75) is 51.1 Å². The Balaban J connectivity index is 1.34. The zero-order valence-corrected chi connectivity index (χ0v) is 13.7. The van der Waals surface area contributed by atoms with Crippen molar-refractivity contribution in [1.29, 1.82) is 0 Å². The predicted molar refractivity (Wildman–Crippen MR) is 86.7 cm³/mol. The van der Waals surface area contributed by atoms with Crippen molar-refractivity contribution >= 4 is 0 Å². The minimum absolute atomic E-state index is 0.310. The van der Waals surface area contributed by atoms with E-state index in [4.69, 9.17) is 0 Å². The van der Waals surface area contributed by atoms with Gasteiger partial charge in [0.1, 0.15) is 0 Å². The zero-order valence-electron chi connectivity index (χ0n) is 13.7. The molecule has 1 saturated carbocycles. The second-order valence-corrected chi connectivity index (χ2v) is 6.93. The standard InChI is InChI=1S/C17H24N6/c1-13(17-19-20-21-23(17)16-4-5-16)22-9-6-14(7-10-22)11-15-3-2-8-18-12-15/h2-3,8,12-14,16H,4-7,9-11H2,1H3/t13-/m0/s1. The van der Waals surface area contributed by atoms with Crippen molar-refractivity contribution in [3.63, 3.8) is 0 Å². The fourth-order valence-electron chi connectivity index (χ4n) is 3.61. The molecule has 6 heteroatoms. The molecule has 0 N–H and O–H groups in total. The molecule has 4 rings (SSSR count). The SMILES string of the molecule is C[C@@H](c1nnnn1C1CC1)N1CCC(Cc2cccnc2)CC1. The van der Waals surface area contributed by atoms with Gasteiger partial charge in [0.2, 0.25) is 0 Å². The first-order valence-electron chi connectivity index (χ1n) is 8.72. The van der Waals surface area contributed by atoms with E-state index in [-0.39, 0.29) is 0 Å². The third-order valence-corrected chi connectivity index (χ3v) is 5.23. The third-order valence-electron chi connectivity index (χ3n) is 5.23. The smallest absolute Gasteiger partial charge is 0.168 e. The molecule has 122 valence electrons. The largest absolute Gasteiger partial charge is 0.294 e. The molecule has 1 atom stereocenters. The van der Waals surface area contributed by atoms with Crippen molar-refractivity contribution < 1.29 is 0 Å². The van der Waals surface area contributed by atoms with Crippen LogP contribution in [0, 0.1) is 5.92 Å². The van der Waals surface area contributed by atoms with Crippen LogP contribution in [0.4, 0.5) is 0 Å². The van der Waals surface area contributed by atoms with E-state index in [1.54, 1.807) is 0 Å². The first kappa shape index (κ1) is 14.8. The summed E-state index contributed by atoms with van der Waals surface area (Å²) in [5, 5.41) is 12.4. The Kier molecular flexibility index (Phi) is 4.08. The number of piperidine rings is 1. The molecule has 23 heavy (non-hydrogen) atoms. The quantitative estimate of drug-likeness (QED) is 0.848. The van der Waals surface area contributed by atoms with Crippen LogP contribution >= 0.6 is 0 Å². The number of rotatable bonds is 5. The van der Waals surface area contributed by atoms with E-state index in [2.05, 4.69) is 38.4 Å². The van der Waals surface area contributed by atoms with Crippen LogP contribution in [0.25, 0.3) is 0 Å². The molecule has 0 bridgehead atoms. The molecule has 0 aromatic carbocycles. The number of likely N-dealkylation sites (tertiary alicyclic amines) is 1. The van der Waals surface area contributed by atoms with Crippen LogP contribution in [0.1, 0.15) is 56.1 Å². The van der Waals surface area contributed by atoms with Crippen LogP contribution in [0.2, 0.25) is 0 Å². The second-order valence-electron chi connectivity index (χ2n) is 6.93. The predicted octanol–water partition coefficient (Wildman–Crippen LogP) is 2.42. The van der Waals surface area contributed by atoms with E-state index in [0.29, 0.717) is 12.1 Å². The van der Waals surface area contributed by atoms with Gasteiger partial charge in [-0.2, -0.15) is 0 Å². The van der Waals surface area contributed by atoms with Gasteiger partial charge in [-0.25, -0.2) is 4.68 Å². The normalized spacial score (nSPS) is 21.4. The topological polar surface area (TPSA) is 59.7 Å². The van der Waals surface area contributed by atoms with Crippen LogP contribution in [0.5, 0.6) is 0 Å². The van der Waals surface area contributed by atoms with Gasteiger partial charge in [0.25, 0.3) is 0 Å². The molecule has 2 fully saturated rings. The second kappa shape index (κ2) is 6.35. The van der Waals surface area contributed by atoms with E-state index >= 15 is 0 Å². The Morgan fingerprint density at radius 3 is 2.74 bits per heavy atom. The number of tetrazole rings is 1. The maximum Gasteiger partial charge on any atom is 0.168 e. The summed E-state index contributed by atoms with van der Waals surface area (Å²) in [5.41, 5.74) is 1.36. The minimum Gasteiger partial charge on any atom is -0.294 e.